The summed E-state index contributed by atoms with van der Waals surface area (Å²) >= 11 is 0. The van der Waals surface area contributed by atoms with E-state index in [0.29, 0.717) is 22.9 Å². The molecular formula is C26H24N4O4S. The average Bonchev–Trinajstić information content (AvgIpc) is 2.88. The fraction of sp³-hybridized carbons (Fsp3) is 0.115. The number of aromatic nitrogens is 2. The molecule has 1 aromatic heterocycles. The molecule has 4 aromatic rings. The predicted molar refractivity (Wildman–Crippen MR) is 135 cm³/mol. The number of hydrogen-bond donors (Lipinski definition) is 1. The minimum absolute atomic E-state index is 0.00804. The average molecular weight is 489 g/mol. The highest BCUT2D eigenvalue weighted by atomic mass is 32.2. The first-order chi connectivity index (χ1) is 16.8. The molecule has 1 N–H and O–H groups in total. The van der Waals surface area contributed by atoms with Crippen molar-refractivity contribution < 1.29 is 17.9 Å². The van der Waals surface area contributed by atoms with Crippen LogP contribution >= 0.6 is 0 Å². The van der Waals surface area contributed by atoms with Crippen molar-refractivity contribution in [2.45, 2.75) is 11.8 Å². The number of carbonyl (C=O) groups is 1. The molecule has 1 amide bonds. The first kappa shape index (κ1) is 23.9. The monoisotopic (exact) mass is 488 g/mol. The van der Waals surface area contributed by atoms with Gasteiger partial charge < -0.3 is 10.1 Å². The summed E-state index contributed by atoms with van der Waals surface area (Å²) in [4.78, 5) is 21.5. The molecule has 0 unspecified atom stereocenters. The number of hydrogen-bond acceptors (Lipinski definition) is 6. The van der Waals surface area contributed by atoms with Gasteiger partial charge in [-0.05, 0) is 67.6 Å². The number of methoxy groups -OCH3 is 1. The first-order valence-electron chi connectivity index (χ1n) is 10.7. The Morgan fingerprint density at radius 2 is 1.71 bits per heavy atom. The zero-order valence-electron chi connectivity index (χ0n) is 19.5. The molecule has 9 heteroatoms. The third-order valence-corrected chi connectivity index (χ3v) is 7.16. The second-order valence-corrected chi connectivity index (χ2v) is 9.69. The first-order valence-corrected chi connectivity index (χ1v) is 12.2. The van der Waals surface area contributed by atoms with Crippen molar-refractivity contribution in [2.75, 3.05) is 23.8 Å². The van der Waals surface area contributed by atoms with Crippen molar-refractivity contribution in [1.29, 1.82) is 0 Å². The molecule has 0 saturated carbocycles. The molecule has 178 valence electrons. The lowest BCUT2D eigenvalue weighted by Gasteiger charge is -2.20. The van der Waals surface area contributed by atoms with Crippen LogP contribution in [0.4, 0.5) is 11.4 Å². The van der Waals surface area contributed by atoms with Gasteiger partial charge in [-0.1, -0.05) is 18.2 Å². The van der Waals surface area contributed by atoms with Gasteiger partial charge in [0.15, 0.2) is 0 Å². The van der Waals surface area contributed by atoms with Crippen molar-refractivity contribution in [1.82, 2.24) is 9.97 Å². The van der Waals surface area contributed by atoms with E-state index in [1.165, 1.54) is 19.2 Å². The molecule has 35 heavy (non-hydrogen) atoms. The number of benzene rings is 3. The van der Waals surface area contributed by atoms with Gasteiger partial charge in [0.25, 0.3) is 15.9 Å². The number of rotatable bonds is 7. The maximum absolute atomic E-state index is 13.2. The van der Waals surface area contributed by atoms with Crippen LogP contribution in [0.25, 0.3) is 11.3 Å². The Kier molecular flexibility index (Phi) is 6.79. The van der Waals surface area contributed by atoms with E-state index in [4.69, 9.17) is 4.74 Å². The van der Waals surface area contributed by atoms with Crippen LogP contribution in [-0.4, -0.2) is 38.5 Å². The highest BCUT2D eigenvalue weighted by molar-refractivity contribution is 7.92. The third kappa shape index (κ3) is 5.30. The normalized spacial score (nSPS) is 11.1. The van der Waals surface area contributed by atoms with E-state index in [1.807, 2.05) is 19.1 Å². The van der Waals surface area contributed by atoms with Crippen LogP contribution in [0.2, 0.25) is 0 Å². The van der Waals surface area contributed by atoms with Crippen molar-refractivity contribution in [2.24, 2.45) is 0 Å². The highest BCUT2D eigenvalue weighted by Crippen LogP contribution is 2.25. The van der Waals surface area contributed by atoms with Crippen molar-refractivity contribution in [3.63, 3.8) is 0 Å². The summed E-state index contributed by atoms with van der Waals surface area (Å²) in [5, 5.41) is 2.83. The lowest BCUT2D eigenvalue weighted by atomic mass is 10.1. The highest BCUT2D eigenvalue weighted by Gasteiger charge is 2.22. The number of amides is 1. The second-order valence-electron chi connectivity index (χ2n) is 7.72. The fourth-order valence-corrected chi connectivity index (χ4v) is 4.71. The van der Waals surface area contributed by atoms with E-state index in [1.54, 1.807) is 67.9 Å². The van der Waals surface area contributed by atoms with Gasteiger partial charge in [0.05, 0.1) is 23.4 Å². The van der Waals surface area contributed by atoms with Gasteiger partial charge in [0.1, 0.15) is 11.6 Å². The molecule has 0 aliphatic heterocycles. The Morgan fingerprint density at radius 1 is 0.971 bits per heavy atom. The van der Waals surface area contributed by atoms with E-state index in [9.17, 15) is 13.2 Å². The van der Waals surface area contributed by atoms with Crippen molar-refractivity contribution in [3.8, 4) is 17.0 Å². The van der Waals surface area contributed by atoms with Gasteiger partial charge in [-0.3, -0.25) is 9.10 Å². The molecule has 0 fully saturated rings. The smallest absolute Gasteiger partial charge is 0.264 e. The van der Waals surface area contributed by atoms with Crippen LogP contribution in [0.15, 0.2) is 90.0 Å². The second kappa shape index (κ2) is 9.94. The number of carbonyl (C=O) groups excluding carboxylic acids is 1. The van der Waals surface area contributed by atoms with E-state index >= 15 is 0 Å². The van der Waals surface area contributed by atoms with Gasteiger partial charge in [-0.15, -0.1) is 0 Å². The quantitative estimate of drug-likeness (QED) is 0.410. The van der Waals surface area contributed by atoms with Gasteiger partial charge in [-0.2, -0.15) is 0 Å². The molecule has 0 spiro atoms. The topological polar surface area (TPSA) is 101 Å². The number of nitrogens with one attached hydrogen (secondary N) is 1. The SMILES string of the molecule is COc1ccc(N(C)S(=O)(=O)c2cccc(C(=O)Nc3cccc(-c4ccnc(C)n4)c3)c2)cc1. The molecule has 0 radical (unpaired) electrons. The van der Waals surface area contributed by atoms with Crippen LogP contribution in [0.5, 0.6) is 5.75 Å². The van der Waals surface area contributed by atoms with E-state index in [-0.39, 0.29) is 10.5 Å². The Bertz CT molecular complexity index is 1470. The lowest BCUT2D eigenvalue weighted by Crippen LogP contribution is -2.26. The van der Waals surface area contributed by atoms with Crippen LogP contribution in [-0.2, 0) is 10.0 Å². The number of sulfonamides is 1. The number of aryl methyl sites for hydroxylation is 1. The number of anilines is 2. The Morgan fingerprint density at radius 3 is 2.43 bits per heavy atom. The van der Waals surface area contributed by atoms with Crippen molar-refractivity contribution >= 4 is 27.3 Å². The molecule has 4 rings (SSSR count). The van der Waals surface area contributed by atoms with E-state index in [0.717, 1.165) is 15.6 Å². The summed E-state index contributed by atoms with van der Waals surface area (Å²) in [6.45, 7) is 1.81. The van der Waals surface area contributed by atoms with E-state index < -0.39 is 15.9 Å². The van der Waals surface area contributed by atoms with Gasteiger partial charge in [0, 0.05) is 30.1 Å². The summed E-state index contributed by atoms with van der Waals surface area (Å²) < 4.78 is 32.7. The molecule has 0 aliphatic carbocycles. The van der Waals surface area contributed by atoms with Crippen LogP contribution in [0, 0.1) is 6.92 Å². The lowest BCUT2D eigenvalue weighted by molar-refractivity contribution is 0.102. The molecule has 0 atom stereocenters. The largest absolute Gasteiger partial charge is 0.497 e. The minimum atomic E-state index is -3.89. The van der Waals surface area contributed by atoms with Crippen LogP contribution in [0.1, 0.15) is 16.2 Å². The fourth-order valence-electron chi connectivity index (χ4n) is 3.46. The summed E-state index contributed by atoms with van der Waals surface area (Å²) in [5.74, 6) is 0.844. The number of nitrogens with zero attached hydrogens (tertiary/aromatic N) is 3. The minimum Gasteiger partial charge on any atom is -0.497 e. The zero-order valence-corrected chi connectivity index (χ0v) is 20.3. The summed E-state index contributed by atoms with van der Waals surface area (Å²) in [6.07, 6.45) is 1.68. The number of ether oxygens (including phenoxy) is 1. The molecule has 1 heterocycles. The Balaban J connectivity index is 1.55. The Hall–Kier alpha value is -4.24. The third-order valence-electron chi connectivity index (χ3n) is 5.38. The Labute approximate surface area is 204 Å². The molecule has 8 nitrogen and oxygen atoms in total. The predicted octanol–water partition coefficient (Wildman–Crippen LogP) is 4.54. The molecule has 0 aliphatic rings. The molecule has 0 saturated heterocycles. The maximum atomic E-state index is 13.2. The maximum Gasteiger partial charge on any atom is 0.264 e. The standard InChI is InChI=1S/C26H24N4O4S/c1-18-27-15-14-25(28-18)19-6-4-8-21(16-19)29-26(31)20-7-5-9-24(17-20)35(32,33)30(2)22-10-12-23(34-3)13-11-22/h4-17H,1-3H3,(H,29,31). The molecule has 0 bridgehead atoms. The zero-order chi connectivity index (χ0) is 25.0. The van der Waals surface area contributed by atoms with Crippen LogP contribution < -0.4 is 14.4 Å². The van der Waals surface area contributed by atoms with E-state index in [2.05, 4.69) is 15.3 Å². The summed E-state index contributed by atoms with van der Waals surface area (Å²) in [6, 6.07) is 21.7. The summed E-state index contributed by atoms with van der Waals surface area (Å²) in [7, 11) is -0.886. The van der Waals surface area contributed by atoms with Crippen LogP contribution in [0.3, 0.4) is 0 Å². The van der Waals surface area contributed by atoms with Crippen molar-refractivity contribution in [3.05, 3.63) is 96.4 Å². The molecule has 3 aromatic carbocycles. The van der Waals surface area contributed by atoms with Gasteiger partial charge in [0.2, 0.25) is 0 Å². The van der Waals surface area contributed by atoms with Gasteiger partial charge >= 0.3 is 0 Å². The molecular weight excluding hydrogens is 464 g/mol. The summed E-state index contributed by atoms with van der Waals surface area (Å²) in [5.41, 5.74) is 2.82. The van der Waals surface area contributed by atoms with Gasteiger partial charge in [-0.25, -0.2) is 18.4 Å².